The van der Waals surface area contributed by atoms with Gasteiger partial charge in [-0.25, -0.2) is 0 Å². The van der Waals surface area contributed by atoms with Crippen molar-refractivity contribution in [2.24, 2.45) is 7.05 Å². The molecule has 1 aromatic heterocycles. The summed E-state index contributed by atoms with van der Waals surface area (Å²) in [5.74, 6) is 0. The fourth-order valence-corrected chi connectivity index (χ4v) is 2.44. The van der Waals surface area contributed by atoms with E-state index in [-0.39, 0.29) is 0 Å². The summed E-state index contributed by atoms with van der Waals surface area (Å²) in [5.41, 5.74) is 3.05. The van der Waals surface area contributed by atoms with Crippen LogP contribution in [0.2, 0.25) is 0 Å². The average molecular weight is 267 g/mol. The number of aryl methyl sites for hydroxylation is 1. The second-order valence-electron chi connectivity index (χ2n) is 4.58. The van der Waals surface area contributed by atoms with Crippen LogP contribution in [0.15, 0.2) is 24.3 Å². The number of aromatic nitrogens is 2. The van der Waals surface area contributed by atoms with Crippen molar-refractivity contribution in [1.29, 1.82) is 0 Å². The van der Waals surface area contributed by atoms with Crippen molar-refractivity contribution in [2.45, 2.75) is 19.3 Å². The number of nitrogens with zero attached hydrogens (tertiary/aromatic N) is 2. The summed E-state index contributed by atoms with van der Waals surface area (Å²) in [7, 11) is 1.81. The van der Waals surface area contributed by atoms with E-state index in [9.17, 15) is 13.2 Å². The number of rotatable bonds is 1. The van der Waals surface area contributed by atoms with E-state index >= 15 is 0 Å². The quantitative estimate of drug-likeness (QED) is 0.861. The molecule has 100 valence electrons. The summed E-state index contributed by atoms with van der Waals surface area (Å²) >= 11 is 0. The third-order valence-corrected chi connectivity index (χ3v) is 3.31. The summed E-state index contributed by atoms with van der Waals surface area (Å²) in [4.78, 5) is 0. The summed E-state index contributed by atoms with van der Waals surface area (Å²) in [6.07, 6.45) is -4.30. The minimum absolute atomic E-state index is 0.631. The van der Waals surface area contributed by atoms with Gasteiger partial charge < -0.3 is 5.32 Å². The van der Waals surface area contributed by atoms with Crippen molar-refractivity contribution in [3.63, 3.8) is 0 Å². The lowest BCUT2D eigenvalue weighted by atomic mass is 10.0. The number of benzene rings is 1. The molecule has 2 aromatic rings. The Labute approximate surface area is 108 Å². The van der Waals surface area contributed by atoms with Crippen LogP contribution in [0.4, 0.5) is 13.2 Å². The predicted molar refractivity (Wildman–Crippen MR) is 64.2 cm³/mol. The zero-order valence-corrected chi connectivity index (χ0v) is 10.3. The number of halogens is 3. The molecule has 1 aliphatic heterocycles. The van der Waals surface area contributed by atoms with Crippen LogP contribution < -0.4 is 5.32 Å². The van der Waals surface area contributed by atoms with Crippen LogP contribution in [0, 0.1) is 0 Å². The van der Waals surface area contributed by atoms with E-state index in [0.717, 1.165) is 34.6 Å². The van der Waals surface area contributed by atoms with Gasteiger partial charge >= 0.3 is 6.18 Å². The Hall–Kier alpha value is -1.82. The van der Waals surface area contributed by atoms with Gasteiger partial charge in [-0.1, -0.05) is 12.1 Å². The summed E-state index contributed by atoms with van der Waals surface area (Å²) in [6, 6.07) is 5.21. The van der Waals surface area contributed by atoms with Crippen LogP contribution in [0.1, 0.15) is 16.8 Å². The first kappa shape index (κ1) is 12.2. The first-order valence-electron chi connectivity index (χ1n) is 5.90. The maximum atomic E-state index is 12.5. The third kappa shape index (κ3) is 2.02. The molecule has 0 atom stereocenters. The van der Waals surface area contributed by atoms with Crippen LogP contribution in [-0.4, -0.2) is 9.78 Å². The molecule has 0 radical (unpaired) electrons. The van der Waals surface area contributed by atoms with Gasteiger partial charge in [0.05, 0.1) is 17.0 Å². The van der Waals surface area contributed by atoms with Crippen molar-refractivity contribution in [3.05, 3.63) is 41.1 Å². The molecule has 1 aliphatic rings. The van der Waals surface area contributed by atoms with Gasteiger partial charge in [-0.3, -0.25) is 4.68 Å². The number of alkyl halides is 3. The van der Waals surface area contributed by atoms with Gasteiger partial charge in [0.25, 0.3) is 0 Å². The van der Waals surface area contributed by atoms with Gasteiger partial charge in [-0.2, -0.15) is 18.3 Å². The van der Waals surface area contributed by atoms with E-state index in [1.807, 2.05) is 7.05 Å². The largest absolute Gasteiger partial charge is 0.416 e. The van der Waals surface area contributed by atoms with Crippen LogP contribution in [-0.2, 0) is 26.3 Å². The highest BCUT2D eigenvalue weighted by Gasteiger charge is 2.30. The molecule has 0 fully saturated rings. The molecule has 0 amide bonds. The zero-order chi connectivity index (χ0) is 13.6. The molecule has 0 bridgehead atoms. The van der Waals surface area contributed by atoms with E-state index in [1.54, 1.807) is 4.68 Å². The Balaban J connectivity index is 2.04. The van der Waals surface area contributed by atoms with Gasteiger partial charge in [0.15, 0.2) is 0 Å². The Morgan fingerprint density at radius 1 is 1.16 bits per heavy atom. The molecule has 0 saturated carbocycles. The second kappa shape index (κ2) is 4.09. The van der Waals surface area contributed by atoms with Crippen molar-refractivity contribution < 1.29 is 13.2 Å². The molecule has 0 spiro atoms. The third-order valence-electron chi connectivity index (χ3n) is 3.31. The average Bonchev–Trinajstić information content (AvgIpc) is 2.87. The topological polar surface area (TPSA) is 29.9 Å². The number of hydrogen-bond acceptors (Lipinski definition) is 2. The van der Waals surface area contributed by atoms with Crippen LogP contribution in [0.5, 0.6) is 0 Å². The van der Waals surface area contributed by atoms with Gasteiger partial charge in [-0.15, -0.1) is 0 Å². The van der Waals surface area contributed by atoms with E-state index < -0.39 is 11.7 Å². The summed E-state index contributed by atoms with van der Waals surface area (Å²) in [5, 5.41) is 7.56. The Morgan fingerprint density at radius 3 is 2.47 bits per heavy atom. The molecule has 1 aromatic carbocycles. The van der Waals surface area contributed by atoms with Gasteiger partial charge in [0.1, 0.15) is 0 Å². The molecule has 2 heterocycles. The zero-order valence-electron chi connectivity index (χ0n) is 10.3. The highest BCUT2D eigenvalue weighted by molar-refractivity contribution is 5.65. The van der Waals surface area contributed by atoms with E-state index in [1.165, 1.54) is 12.1 Å². The standard InChI is InChI=1S/C13H12F3N3/c1-19-12(10-6-17-7-11(10)18-19)8-2-4-9(5-3-8)13(14,15)16/h2-5,17H,6-7H2,1H3. The van der Waals surface area contributed by atoms with Gasteiger partial charge in [-0.05, 0) is 12.1 Å². The fourth-order valence-electron chi connectivity index (χ4n) is 2.44. The van der Waals surface area contributed by atoms with Crippen molar-refractivity contribution in [2.75, 3.05) is 0 Å². The van der Waals surface area contributed by atoms with Gasteiger partial charge in [0.2, 0.25) is 0 Å². The van der Waals surface area contributed by atoms with Crippen LogP contribution in [0.3, 0.4) is 0 Å². The van der Waals surface area contributed by atoms with Crippen LogP contribution >= 0.6 is 0 Å². The highest BCUT2D eigenvalue weighted by atomic mass is 19.4. The molecule has 3 nitrogen and oxygen atoms in total. The minimum atomic E-state index is -4.30. The Morgan fingerprint density at radius 2 is 1.84 bits per heavy atom. The molecule has 0 aliphatic carbocycles. The SMILES string of the molecule is Cn1nc2c(c1-c1ccc(C(F)(F)F)cc1)CNC2. The maximum absolute atomic E-state index is 12.5. The first-order chi connectivity index (χ1) is 8.97. The normalized spacial score (nSPS) is 14.7. The lowest BCUT2D eigenvalue weighted by Gasteiger charge is -2.09. The molecular formula is C13H12F3N3. The predicted octanol–water partition coefficient (Wildman–Crippen LogP) is 2.71. The lowest BCUT2D eigenvalue weighted by molar-refractivity contribution is -0.137. The Kier molecular flexibility index (Phi) is 2.63. The van der Waals surface area contributed by atoms with E-state index in [0.29, 0.717) is 13.1 Å². The Bertz CT molecular complexity index is 611. The smallest absolute Gasteiger partial charge is 0.307 e. The first-order valence-corrected chi connectivity index (χ1v) is 5.90. The summed E-state index contributed by atoms with van der Waals surface area (Å²) < 4.78 is 39.3. The number of fused-ring (bicyclic) bond motifs is 1. The fraction of sp³-hybridized carbons (Fsp3) is 0.308. The molecule has 6 heteroatoms. The molecule has 0 saturated heterocycles. The monoisotopic (exact) mass is 267 g/mol. The van der Waals surface area contributed by atoms with E-state index in [4.69, 9.17) is 0 Å². The van der Waals surface area contributed by atoms with Crippen molar-refractivity contribution in [1.82, 2.24) is 15.1 Å². The van der Waals surface area contributed by atoms with Crippen molar-refractivity contribution in [3.8, 4) is 11.3 Å². The summed E-state index contributed by atoms with van der Waals surface area (Å²) in [6.45, 7) is 1.42. The number of nitrogens with one attached hydrogen (secondary N) is 1. The second-order valence-corrected chi connectivity index (χ2v) is 4.58. The lowest BCUT2D eigenvalue weighted by Crippen LogP contribution is -2.07. The maximum Gasteiger partial charge on any atom is 0.416 e. The molecule has 1 N–H and O–H groups in total. The van der Waals surface area contributed by atoms with E-state index in [2.05, 4.69) is 10.4 Å². The molecule has 3 rings (SSSR count). The van der Waals surface area contributed by atoms with Crippen LogP contribution in [0.25, 0.3) is 11.3 Å². The molecular weight excluding hydrogens is 255 g/mol. The minimum Gasteiger partial charge on any atom is -0.307 e. The molecule has 19 heavy (non-hydrogen) atoms. The number of hydrogen-bond donors (Lipinski definition) is 1. The van der Waals surface area contributed by atoms with Crippen molar-refractivity contribution >= 4 is 0 Å². The van der Waals surface area contributed by atoms with Gasteiger partial charge in [0, 0.05) is 31.3 Å². The molecule has 0 unspecified atom stereocenters. The highest BCUT2D eigenvalue weighted by Crippen LogP contribution is 2.33.